The summed E-state index contributed by atoms with van der Waals surface area (Å²) in [5.74, 6) is 1.75. The van der Waals surface area contributed by atoms with Crippen LogP contribution in [0.25, 0.3) is 5.65 Å². The zero-order chi connectivity index (χ0) is 16.7. The van der Waals surface area contributed by atoms with Crippen LogP contribution in [0.15, 0.2) is 28.3 Å². The summed E-state index contributed by atoms with van der Waals surface area (Å²) in [6.07, 6.45) is 3.63. The minimum Gasteiger partial charge on any atom is -0.350 e. The molecular weight excluding hydrogens is 392 g/mol. The van der Waals surface area contributed by atoms with Gasteiger partial charge in [0.25, 0.3) is 5.91 Å². The largest absolute Gasteiger partial charge is 0.350 e. The minimum atomic E-state index is 0.0924. The van der Waals surface area contributed by atoms with Crippen LogP contribution < -0.4 is 4.90 Å². The van der Waals surface area contributed by atoms with Gasteiger partial charge in [0.05, 0.1) is 4.88 Å². The predicted molar refractivity (Wildman–Crippen MR) is 95.7 cm³/mol. The van der Waals surface area contributed by atoms with Crippen molar-refractivity contribution in [3.05, 3.63) is 39.0 Å². The SMILES string of the molecule is Cc1nnc2c(N3CCN(C(=O)c4cc(Br)cs4)CC3)nccn12. The van der Waals surface area contributed by atoms with Crippen molar-refractivity contribution in [1.29, 1.82) is 0 Å². The van der Waals surface area contributed by atoms with E-state index >= 15 is 0 Å². The number of hydrogen-bond acceptors (Lipinski definition) is 6. The molecule has 4 rings (SSSR count). The van der Waals surface area contributed by atoms with Gasteiger partial charge < -0.3 is 9.80 Å². The standard InChI is InChI=1S/C15H15BrN6OS/c1-10-18-19-14-13(17-2-3-22(10)14)20-4-6-21(7-5-20)15(23)12-8-11(16)9-24-12/h2-3,8-9H,4-7H2,1H3. The topological polar surface area (TPSA) is 66.6 Å². The van der Waals surface area contributed by atoms with E-state index in [2.05, 4.69) is 36.0 Å². The highest BCUT2D eigenvalue weighted by Crippen LogP contribution is 2.23. The smallest absolute Gasteiger partial charge is 0.264 e. The molecule has 0 atom stereocenters. The van der Waals surface area contributed by atoms with Crippen LogP contribution in [0.3, 0.4) is 0 Å². The second-order valence-electron chi connectivity index (χ2n) is 5.60. The van der Waals surface area contributed by atoms with E-state index in [0.29, 0.717) is 13.1 Å². The third kappa shape index (κ3) is 2.67. The first kappa shape index (κ1) is 15.5. The maximum Gasteiger partial charge on any atom is 0.264 e. The molecule has 0 unspecified atom stereocenters. The minimum absolute atomic E-state index is 0.0924. The van der Waals surface area contributed by atoms with E-state index in [9.17, 15) is 4.79 Å². The van der Waals surface area contributed by atoms with Crippen LogP contribution in [0, 0.1) is 6.92 Å². The molecule has 7 nitrogen and oxygen atoms in total. The van der Waals surface area contributed by atoms with E-state index in [0.717, 1.165) is 39.7 Å². The van der Waals surface area contributed by atoms with Crippen LogP contribution in [-0.4, -0.2) is 56.6 Å². The van der Waals surface area contributed by atoms with Crippen molar-refractivity contribution in [2.75, 3.05) is 31.1 Å². The van der Waals surface area contributed by atoms with E-state index in [1.807, 2.05) is 33.9 Å². The fourth-order valence-electron chi connectivity index (χ4n) is 2.85. The molecule has 124 valence electrons. The highest BCUT2D eigenvalue weighted by atomic mass is 79.9. The lowest BCUT2D eigenvalue weighted by Crippen LogP contribution is -2.49. The lowest BCUT2D eigenvalue weighted by Gasteiger charge is -2.35. The molecule has 1 saturated heterocycles. The van der Waals surface area contributed by atoms with Crippen molar-refractivity contribution in [3.63, 3.8) is 0 Å². The van der Waals surface area contributed by atoms with E-state index in [1.165, 1.54) is 11.3 Å². The van der Waals surface area contributed by atoms with Crippen molar-refractivity contribution < 1.29 is 4.79 Å². The van der Waals surface area contributed by atoms with Crippen LogP contribution in [0.2, 0.25) is 0 Å². The number of aryl methyl sites for hydroxylation is 1. The molecule has 0 bridgehead atoms. The average Bonchev–Trinajstić information content (AvgIpc) is 3.21. The summed E-state index contributed by atoms with van der Waals surface area (Å²) in [5.41, 5.74) is 0.761. The lowest BCUT2D eigenvalue weighted by molar-refractivity contribution is 0.0751. The Hall–Kier alpha value is -2.00. The summed E-state index contributed by atoms with van der Waals surface area (Å²) in [7, 11) is 0. The molecule has 0 aromatic carbocycles. The summed E-state index contributed by atoms with van der Waals surface area (Å²) in [4.78, 5) is 21.8. The Kier molecular flexibility index (Phi) is 3.97. The molecule has 0 radical (unpaired) electrons. The van der Waals surface area contributed by atoms with Gasteiger partial charge in [-0.3, -0.25) is 9.20 Å². The van der Waals surface area contributed by atoms with Gasteiger partial charge in [0.2, 0.25) is 5.65 Å². The van der Waals surface area contributed by atoms with Gasteiger partial charge in [0.1, 0.15) is 5.82 Å². The number of aromatic nitrogens is 4. The van der Waals surface area contributed by atoms with E-state index in [4.69, 9.17) is 0 Å². The first-order valence-corrected chi connectivity index (χ1v) is 9.25. The van der Waals surface area contributed by atoms with Crippen LogP contribution in [0.4, 0.5) is 5.82 Å². The molecule has 1 aliphatic rings. The molecule has 0 aliphatic carbocycles. The number of nitrogens with zero attached hydrogens (tertiary/aromatic N) is 6. The molecule has 0 saturated carbocycles. The second-order valence-corrected chi connectivity index (χ2v) is 7.43. The number of thiophene rings is 1. The maximum atomic E-state index is 12.5. The van der Waals surface area contributed by atoms with Gasteiger partial charge in [0.15, 0.2) is 5.82 Å². The summed E-state index contributed by atoms with van der Waals surface area (Å²) in [6, 6.07) is 1.88. The van der Waals surface area contributed by atoms with E-state index in [-0.39, 0.29) is 5.91 Å². The highest BCUT2D eigenvalue weighted by molar-refractivity contribution is 9.10. The molecule has 1 fully saturated rings. The highest BCUT2D eigenvalue weighted by Gasteiger charge is 2.25. The van der Waals surface area contributed by atoms with Crippen molar-refractivity contribution in [1.82, 2.24) is 24.5 Å². The third-order valence-corrected chi connectivity index (χ3v) is 5.80. The summed E-state index contributed by atoms with van der Waals surface area (Å²) in [5, 5.41) is 10.3. The monoisotopic (exact) mass is 406 g/mol. The number of fused-ring (bicyclic) bond motifs is 1. The lowest BCUT2D eigenvalue weighted by atomic mass is 10.3. The first-order chi connectivity index (χ1) is 11.6. The number of piperazine rings is 1. The average molecular weight is 407 g/mol. The molecule has 0 spiro atoms. The third-order valence-electron chi connectivity index (χ3n) is 4.12. The van der Waals surface area contributed by atoms with Gasteiger partial charge in [-0.05, 0) is 28.9 Å². The molecule has 3 aromatic heterocycles. The number of anilines is 1. The second kappa shape index (κ2) is 6.14. The quantitative estimate of drug-likeness (QED) is 0.652. The number of halogens is 1. The number of rotatable bonds is 2. The van der Waals surface area contributed by atoms with Gasteiger partial charge in [-0.2, -0.15) is 0 Å². The fourth-order valence-corrected chi connectivity index (χ4v) is 4.25. The molecule has 1 aliphatic heterocycles. The predicted octanol–water partition coefficient (Wildman–Crippen LogP) is 2.22. The van der Waals surface area contributed by atoms with Crippen molar-refractivity contribution in [3.8, 4) is 0 Å². The zero-order valence-electron chi connectivity index (χ0n) is 13.0. The van der Waals surface area contributed by atoms with Crippen LogP contribution in [0.1, 0.15) is 15.5 Å². The normalized spacial score (nSPS) is 15.2. The molecule has 0 N–H and O–H groups in total. The number of hydrogen-bond donors (Lipinski definition) is 0. The first-order valence-electron chi connectivity index (χ1n) is 7.58. The zero-order valence-corrected chi connectivity index (χ0v) is 15.4. The van der Waals surface area contributed by atoms with Crippen LogP contribution in [0.5, 0.6) is 0 Å². The van der Waals surface area contributed by atoms with Crippen LogP contribution in [-0.2, 0) is 0 Å². The summed E-state index contributed by atoms with van der Waals surface area (Å²) in [6.45, 7) is 4.72. The molecule has 3 aromatic rings. The Morgan fingerprint density at radius 2 is 2.04 bits per heavy atom. The molecule has 4 heterocycles. The van der Waals surface area contributed by atoms with E-state index < -0.39 is 0 Å². The van der Waals surface area contributed by atoms with Gasteiger partial charge in [-0.25, -0.2) is 4.98 Å². The van der Waals surface area contributed by atoms with E-state index in [1.54, 1.807) is 6.20 Å². The van der Waals surface area contributed by atoms with Crippen molar-refractivity contribution in [2.45, 2.75) is 6.92 Å². The van der Waals surface area contributed by atoms with Crippen molar-refractivity contribution in [2.24, 2.45) is 0 Å². The summed E-state index contributed by atoms with van der Waals surface area (Å²) < 4.78 is 2.88. The molecular formula is C15H15BrN6OS. The Bertz CT molecular complexity index is 898. The number of carbonyl (C=O) groups is 1. The van der Waals surface area contributed by atoms with Gasteiger partial charge >= 0.3 is 0 Å². The van der Waals surface area contributed by atoms with Crippen LogP contribution >= 0.6 is 27.3 Å². The molecule has 1 amide bonds. The molecule has 24 heavy (non-hydrogen) atoms. The number of amides is 1. The number of carbonyl (C=O) groups excluding carboxylic acids is 1. The van der Waals surface area contributed by atoms with Gasteiger partial charge in [-0.15, -0.1) is 21.5 Å². The van der Waals surface area contributed by atoms with Gasteiger partial charge in [-0.1, -0.05) is 0 Å². The maximum absolute atomic E-state index is 12.5. The fraction of sp³-hybridized carbons (Fsp3) is 0.333. The van der Waals surface area contributed by atoms with Crippen molar-refractivity contribution >= 4 is 44.6 Å². The Labute approximate surface area is 151 Å². The Morgan fingerprint density at radius 1 is 1.25 bits per heavy atom. The van der Waals surface area contributed by atoms with Gasteiger partial charge in [0, 0.05) is 48.4 Å². The Morgan fingerprint density at radius 3 is 2.75 bits per heavy atom. The summed E-state index contributed by atoms with van der Waals surface area (Å²) >= 11 is 4.87. The Balaban J connectivity index is 1.50. The molecule has 9 heteroatoms.